The van der Waals surface area contributed by atoms with E-state index in [0.29, 0.717) is 12.0 Å². The molecule has 2 N–H and O–H groups in total. The van der Waals surface area contributed by atoms with Gasteiger partial charge >= 0.3 is 12.1 Å². The first-order valence-electron chi connectivity index (χ1n) is 10.0. The number of hydrogen-bond donors (Lipinski definition) is 2. The van der Waals surface area contributed by atoms with Crippen LogP contribution in [0.25, 0.3) is 17.0 Å². The van der Waals surface area contributed by atoms with Gasteiger partial charge in [0.05, 0.1) is 18.8 Å². The van der Waals surface area contributed by atoms with Crippen molar-refractivity contribution in [3.63, 3.8) is 0 Å². The number of aromatic amines is 1. The zero-order valence-electron chi connectivity index (χ0n) is 19.0. The number of ether oxygens (including phenoxy) is 3. The summed E-state index contributed by atoms with van der Waals surface area (Å²) >= 11 is 0. The maximum absolute atomic E-state index is 12.0. The number of aromatic nitrogens is 2. The fourth-order valence-electron chi connectivity index (χ4n) is 2.49. The minimum atomic E-state index is -0.741. The lowest BCUT2D eigenvalue weighted by atomic mass is 10.1. The molecule has 0 aliphatic rings. The van der Waals surface area contributed by atoms with E-state index in [9.17, 15) is 14.4 Å². The van der Waals surface area contributed by atoms with E-state index in [-0.39, 0.29) is 17.9 Å². The third-order valence-corrected chi connectivity index (χ3v) is 4.03. The highest BCUT2D eigenvalue weighted by atomic mass is 16.6. The fourth-order valence-corrected chi connectivity index (χ4v) is 2.49. The Morgan fingerprint density at radius 2 is 1.85 bits per heavy atom. The Kier molecular flexibility index (Phi) is 9.17. The van der Waals surface area contributed by atoms with Gasteiger partial charge in [0.25, 0.3) is 6.47 Å². The minimum Gasteiger partial charge on any atom is -0.464 e. The molecule has 2 aromatic carbocycles. The number of carbonyl (C=O) groups excluding carboxylic acids is 3. The second-order valence-corrected chi connectivity index (χ2v) is 7.78. The number of nitrogens with one attached hydrogen (secondary N) is 2. The van der Waals surface area contributed by atoms with Gasteiger partial charge < -0.3 is 14.2 Å². The molecule has 0 radical (unpaired) electrons. The van der Waals surface area contributed by atoms with Crippen molar-refractivity contribution in [2.24, 2.45) is 0 Å². The monoisotopic (exact) mass is 453 g/mol. The van der Waals surface area contributed by atoms with Crippen molar-refractivity contribution in [3.8, 4) is 0 Å². The molecule has 0 aliphatic carbocycles. The Balaban J connectivity index is 0.000000479. The van der Waals surface area contributed by atoms with E-state index in [0.717, 1.165) is 16.5 Å². The van der Waals surface area contributed by atoms with Gasteiger partial charge in [-0.3, -0.25) is 15.2 Å². The van der Waals surface area contributed by atoms with E-state index in [1.807, 2.05) is 63.2 Å². The molecule has 9 heteroatoms. The van der Waals surface area contributed by atoms with Gasteiger partial charge in [0.2, 0.25) is 0 Å². The number of H-pyrrole nitrogens is 1. The molecule has 0 saturated heterocycles. The van der Waals surface area contributed by atoms with Crippen LogP contribution in [0.4, 0.5) is 4.79 Å². The normalized spacial score (nSPS) is 11.1. The maximum atomic E-state index is 12.0. The van der Waals surface area contributed by atoms with E-state index >= 15 is 0 Å². The Labute approximate surface area is 191 Å². The number of esters is 1. The van der Waals surface area contributed by atoms with Gasteiger partial charge in [0.1, 0.15) is 17.9 Å². The van der Waals surface area contributed by atoms with Crippen LogP contribution in [0, 0.1) is 0 Å². The zero-order chi connectivity index (χ0) is 24.3. The summed E-state index contributed by atoms with van der Waals surface area (Å²) in [4.78, 5) is 33.6. The van der Waals surface area contributed by atoms with E-state index in [1.54, 1.807) is 12.3 Å². The van der Waals surface area contributed by atoms with Gasteiger partial charge in [-0.05, 0) is 50.1 Å². The number of amides is 1. The third kappa shape index (κ3) is 8.86. The second-order valence-electron chi connectivity index (χ2n) is 7.78. The van der Waals surface area contributed by atoms with Gasteiger partial charge in [-0.2, -0.15) is 5.10 Å². The molecule has 0 unspecified atom stereocenters. The molecule has 0 atom stereocenters. The van der Waals surface area contributed by atoms with Gasteiger partial charge in [0, 0.05) is 5.39 Å². The maximum Gasteiger partial charge on any atom is 0.412 e. The van der Waals surface area contributed by atoms with Crippen molar-refractivity contribution < 1.29 is 28.6 Å². The number of hydrogen-bond acceptors (Lipinski definition) is 7. The average Bonchev–Trinajstić information content (AvgIpc) is 3.25. The summed E-state index contributed by atoms with van der Waals surface area (Å²) in [5, 5.41) is 10.1. The molecule has 1 aromatic heterocycles. The van der Waals surface area contributed by atoms with E-state index in [4.69, 9.17) is 9.47 Å². The van der Waals surface area contributed by atoms with Crippen molar-refractivity contribution in [2.45, 2.75) is 33.0 Å². The first-order valence-corrected chi connectivity index (χ1v) is 10.0. The van der Waals surface area contributed by atoms with Gasteiger partial charge in [-0.1, -0.05) is 36.4 Å². The molecule has 174 valence electrons. The van der Waals surface area contributed by atoms with Crippen LogP contribution in [-0.4, -0.2) is 41.4 Å². The van der Waals surface area contributed by atoms with E-state index in [1.165, 1.54) is 13.2 Å². The standard InChI is InChI=1S/C19H17N3O4.C5H10O2/c1-25-18(23)17(10-14-7-8-16-15(9-14)11-20-22-16)21-19(24)26-12-13-5-3-2-4-6-13;1-5(2,3)7-4-6/h2-11H,12H2,1H3,(H,20,22)(H,21,24);4H,1-3H3. The molecule has 0 spiro atoms. The van der Waals surface area contributed by atoms with E-state index < -0.39 is 12.1 Å². The average molecular weight is 453 g/mol. The van der Waals surface area contributed by atoms with Gasteiger partial charge in [-0.25, -0.2) is 9.59 Å². The molecule has 3 aromatic rings. The lowest BCUT2D eigenvalue weighted by molar-refractivity contribution is -0.139. The van der Waals surface area contributed by atoms with Crippen molar-refractivity contribution in [1.29, 1.82) is 0 Å². The van der Waals surface area contributed by atoms with Crippen LogP contribution >= 0.6 is 0 Å². The molecule has 0 bridgehead atoms. The number of carbonyl (C=O) groups is 3. The van der Waals surface area contributed by atoms with Crippen LogP contribution in [0.15, 0.2) is 60.4 Å². The molecular formula is C24H27N3O6. The van der Waals surface area contributed by atoms with Crippen LogP contribution in [-0.2, 0) is 30.4 Å². The number of fused-ring (bicyclic) bond motifs is 1. The zero-order valence-corrected chi connectivity index (χ0v) is 19.0. The minimum absolute atomic E-state index is 0.0200. The molecule has 0 aliphatic heterocycles. The highest BCUT2D eigenvalue weighted by Gasteiger charge is 2.15. The lowest BCUT2D eigenvalue weighted by Crippen LogP contribution is -2.28. The predicted molar refractivity (Wildman–Crippen MR) is 123 cm³/mol. The molecule has 9 nitrogen and oxygen atoms in total. The molecule has 33 heavy (non-hydrogen) atoms. The summed E-state index contributed by atoms with van der Waals surface area (Å²) in [6.45, 7) is 6.02. The molecular weight excluding hydrogens is 426 g/mol. The molecule has 1 heterocycles. The molecule has 0 fully saturated rings. The summed E-state index contributed by atoms with van der Waals surface area (Å²) in [5.74, 6) is -0.672. The quantitative estimate of drug-likeness (QED) is 0.251. The topological polar surface area (TPSA) is 120 Å². The number of benzene rings is 2. The summed E-state index contributed by atoms with van der Waals surface area (Å²) in [6, 6.07) is 14.7. The third-order valence-electron chi connectivity index (χ3n) is 4.03. The Morgan fingerprint density at radius 1 is 1.12 bits per heavy atom. The highest BCUT2D eigenvalue weighted by molar-refractivity contribution is 5.97. The van der Waals surface area contributed by atoms with Gasteiger partial charge in [-0.15, -0.1) is 0 Å². The van der Waals surface area contributed by atoms with Gasteiger partial charge in [0.15, 0.2) is 0 Å². The van der Waals surface area contributed by atoms with Crippen molar-refractivity contribution >= 4 is 35.5 Å². The fraction of sp³-hybridized carbons (Fsp3) is 0.250. The molecule has 1 amide bonds. The number of rotatable bonds is 6. The largest absolute Gasteiger partial charge is 0.464 e. The Morgan fingerprint density at radius 3 is 2.45 bits per heavy atom. The summed E-state index contributed by atoms with van der Waals surface area (Å²) < 4.78 is 14.4. The SMILES string of the molecule is CC(C)(C)OC=O.COC(=O)C(=Cc1ccc2[nH]ncc2c1)NC(=O)OCc1ccccc1. The van der Waals surface area contributed by atoms with Crippen LogP contribution in [0.3, 0.4) is 0 Å². The van der Waals surface area contributed by atoms with Crippen LogP contribution in [0.2, 0.25) is 0 Å². The Hall–Kier alpha value is -4.14. The predicted octanol–water partition coefficient (Wildman–Crippen LogP) is 3.96. The molecule has 0 saturated carbocycles. The number of alkyl carbamates (subject to hydrolysis) is 1. The first kappa shape index (κ1) is 25.1. The molecule has 3 rings (SSSR count). The Bertz CT molecular complexity index is 1100. The number of methoxy groups -OCH3 is 1. The smallest absolute Gasteiger partial charge is 0.412 e. The van der Waals surface area contributed by atoms with Crippen LogP contribution < -0.4 is 5.32 Å². The summed E-state index contributed by atoms with van der Waals surface area (Å²) in [7, 11) is 1.24. The number of nitrogens with zero attached hydrogens (tertiary/aromatic N) is 1. The van der Waals surface area contributed by atoms with Crippen molar-refractivity contribution in [1.82, 2.24) is 15.5 Å². The second kappa shape index (κ2) is 12.0. The van der Waals surface area contributed by atoms with Crippen molar-refractivity contribution in [3.05, 3.63) is 71.6 Å². The van der Waals surface area contributed by atoms with Crippen molar-refractivity contribution in [2.75, 3.05) is 7.11 Å². The summed E-state index contributed by atoms with van der Waals surface area (Å²) in [5.41, 5.74) is 2.09. The van der Waals surface area contributed by atoms with Crippen LogP contribution in [0.5, 0.6) is 0 Å². The summed E-state index contributed by atoms with van der Waals surface area (Å²) in [6.07, 6.45) is 2.45. The lowest BCUT2D eigenvalue weighted by Gasteiger charge is -2.14. The first-order chi connectivity index (χ1) is 15.7. The highest BCUT2D eigenvalue weighted by Crippen LogP contribution is 2.15. The van der Waals surface area contributed by atoms with E-state index in [2.05, 4.69) is 20.3 Å². The van der Waals surface area contributed by atoms with Crippen LogP contribution in [0.1, 0.15) is 31.9 Å².